The summed E-state index contributed by atoms with van der Waals surface area (Å²) in [7, 11) is 0. The number of nitrogens with zero attached hydrogens (tertiary/aromatic N) is 2. The van der Waals surface area contributed by atoms with Crippen LogP contribution < -0.4 is 0 Å². The number of hydrogen-bond donors (Lipinski definition) is 0. The van der Waals surface area contributed by atoms with Crippen LogP contribution in [0.5, 0.6) is 0 Å². The lowest BCUT2D eigenvalue weighted by molar-refractivity contribution is -0.140. The highest BCUT2D eigenvalue weighted by Crippen LogP contribution is 2.35. The van der Waals surface area contributed by atoms with Crippen LogP contribution in [0.2, 0.25) is 0 Å². The Morgan fingerprint density at radius 3 is 2.52 bits per heavy atom. The van der Waals surface area contributed by atoms with Gasteiger partial charge in [0.05, 0.1) is 6.04 Å². The zero-order chi connectivity index (χ0) is 16.4. The summed E-state index contributed by atoms with van der Waals surface area (Å²) in [5.41, 5.74) is 1.21. The van der Waals surface area contributed by atoms with E-state index in [1.165, 1.54) is 5.56 Å². The molecule has 0 bridgehead atoms. The Labute approximate surface area is 146 Å². The standard InChI is InChI=1S/C18H23BrN2O2/c1-13(22)20-10-7-14(8-11-20)18(23)21-9-3-6-17(21)15-4-2-5-16(19)12-15/h2,4-5,12,14,17H,3,6-11H2,1H3. The summed E-state index contributed by atoms with van der Waals surface area (Å²) in [4.78, 5) is 28.3. The minimum absolute atomic E-state index is 0.0679. The SMILES string of the molecule is CC(=O)N1CCC(C(=O)N2CCCC2c2cccc(Br)c2)CC1. The molecular formula is C18H23BrN2O2. The van der Waals surface area contributed by atoms with Crippen LogP contribution in [-0.4, -0.2) is 41.2 Å². The number of piperidine rings is 1. The Morgan fingerprint density at radius 2 is 1.87 bits per heavy atom. The van der Waals surface area contributed by atoms with E-state index in [1.54, 1.807) is 6.92 Å². The molecule has 0 aliphatic carbocycles. The van der Waals surface area contributed by atoms with Crippen molar-refractivity contribution in [1.29, 1.82) is 0 Å². The molecule has 23 heavy (non-hydrogen) atoms. The van der Waals surface area contributed by atoms with E-state index in [9.17, 15) is 9.59 Å². The molecule has 1 unspecified atom stereocenters. The first-order chi connectivity index (χ1) is 11.1. The summed E-state index contributed by atoms with van der Waals surface area (Å²) in [6, 6.07) is 8.48. The molecule has 2 aliphatic rings. The van der Waals surface area contributed by atoms with Crippen molar-refractivity contribution in [1.82, 2.24) is 9.80 Å². The smallest absolute Gasteiger partial charge is 0.226 e. The number of carbonyl (C=O) groups is 2. The van der Waals surface area contributed by atoms with Crippen LogP contribution in [0.15, 0.2) is 28.7 Å². The van der Waals surface area contributed by atoms with Gasteiger partial charge in [-0.15, -0.1) is 0 Å². The van der Waals surface area contributed by atoms with Gasteiger partial charge in [0.15, 0.2) is 0 Å². The van der Waals surface area contributed by atoms with Gasteiger partial charge in [-0.25, -0.2) is 0 Å². The van der Waals surface area contributed by atoms with Gasteiger partial charge < -0.3 is 9.80 Å². The zero-order valence-corrected chi connectivity index (χ0v) is 15.1. The summed E-state index contributed by atoms with van der Waals surface area (Å²) >= 11 is 3.52. The maximum absolute atomic E-state index is 13.0. The number of likely N-dealkylation sites (tertiary alicyclic amines) is 2. The number of benzene rings is 1. The topological polar surface area (TPSA) is 40.6 Å². The molecule has 0 N–H and O–H groups in total. The number of halogens is 1. The molecule has 2 heterocycles. The molecule has 1 atom stereocenters. The molecule has 0 saturated carbocycles. The van der Waals surface area contributed by atoms with Crippen LogP contribution in [0.4, 0.5) is 0 Å². The Hall–Kier alpha value is -1.36. The average Bonchev–Trinajstić information content (AvgIpc) is 3.04. The molecule has 2 amide bonds. The van der Waals surface area contributed by atoms with Gasteiger partial charge in [-0.2, -0.15) is 0 Å². The van der Waals surface area contributed by atoms with Crippen LogP contribution in [0.3, 0.4) is 0 Å². The maximum Gasteiger partial charge on any atom is 0.226 e. The van der Waals surface area contributed by atoms with Crippen molar-refractivity contribution in [3.8, 4) is 0 Å². The Bertz CT molecular complexity index is 596. The lowest BCUT2D eigenvalue weighted by Gasteiger charge is -2.34. The predicted molar refractivity (Wildman–Crippen MR) is 92.8 cm³/mol. The summed E-state index contributed by atoms with van der Waals surface area (Å²) in [6.07, 6.45) is 3.68. The Balaban J connectivity index is 1.68. The van der Waals surface area contributed by atoms with Gasteiger partial charge in [0.1, 0.15) is 0 Å². The second-order valence-corrected chi connectivity index (χ2v) is 7.44. The van der Waals surface area contributed by atoms with E-state index in [-0.39, 0.29) is 23.8 Å². The fourth-order valence-electron chi connectivity index (χ4n) is 3.77. The van der Waals surface area contributed by atoms with E-state index in [4.69, 9.17) is 0 Å². The van der Waals surface area contributed by atoms with Crippen molar-refractivity contribution >= 4 is 27.7 Å². The van der Waals surface area contributed by atoms with Crippen molar-refractivity contribution in [2.24, 2.45) is 5.92 Å². The Morgan fingerprint density at radius 1 is 1.13 bits per heavy atom. The second kappa shape index (κ2) is 7.04. The monoisotopic (exact) mass is 378 g/mol. The molecule has 2 saturated heterocycles. The number of amides is 2. The first kappa shape index (κ1) is 16.5. The van der Waals surface area contributed by atoms with Crippen LogP contribution >= 0.6 is 15.9 Å². The van der Waals surface area contributed by atoms with Crippen molar-refractivity contribution < 1.29 is 9.59 Å². The van der Waals surface area contributed by atoms with E-state index in [0.717, 1.165) is 36.7 Å². The first-order valence-corrected chi connectivity index (χ1v) is 9.17. The largest absolute Gasteiger partial charge is 0.343 e. The van der Waals surface area contributed by atoms with E-state index in [0.29, 0.717) is 13.1 Å². The predicted octanol–water partition coefficient (Wildman–Crippen LogP) is 3.37. The summed E-state index contributed by atoms with van der Waals surface area (Å²) in [5.74, 6) is 0.457. The highest BCUT2D eigenvalue weighted by molar-refractivity contribution is 9.10. The zero-order valence-electron chi connectivity index (χ0n) is 13.5. The van der Waals surface area contributed by atoms with E-state index in [1.807, 2.05) is 17.0 Å². The third-order valence-corrected chi connectivity index (χ3v) is 5.55. The quantitative estimate of drug-likeness (QED) is 0.791. The van der Waals surface area contributed by atoms with Gasteiger partial charge in [0.25, 0.3) is 0 Å². The number of carbonyl (C=O) groups excluding carboxylic acids is 2. The molecule has 3 rings (SSSR count). The minimum Gasteiger partial charge on any atom is -0.343 e. The maximum atomic E-state index is 13.0. The first-order valence-electron chi connectivity index (χ1n) is 8.37. The lowest BCUT2D eigenvalue weighted by atomic mass is 9.94. The molecule has 1 aromatic rings. The molecule has 0 aromatic heterocycles. The summed E-state index contributed by atoms with van der Waals surface area (Å²) in [5, 5.41) is 0. The van der Waals surface area contributed by atoms with Gasteiger partial charge in [-0.1, -0.05) is 28.1 Å². The van der Waals surface area contributed by atoms with Crippen LogP contribution in [0.1, 0.15) is 44.2 Å². The van der Waals surface area contributed by atoms with Crippen molar-refractivity contribution in [2.45, 2.75) is 38.6 Å². The van der Waals surface area contributed by atoms with E-state index >= 15 is 0 Å². The second-order valence-electron chi connectivity index (χ2n) is 6.53. The fourth-order valence-corrected chi connectivity index (χ4v) is 4.18. The molecule has 0 radical (unpaired) electrons. The molecule has 2 aliphatic heterocycles. The number of rotatable bonds is 2. The van der Waals surface area contributed by atoms with Gasteiger partial charge >= 0.3 is 0 Å². The van der Waals surface area contributed by atoms with Crippen molar-refractivity contribution in [3.63, 3.8) is 0 Å². The molecule has 1 aromatic carbocycles. The Kier molecular flexibility index (Phi) is 5.05. The van der Waals surface area contributed by atoms with Crippen molar-refractivity contribution in [3.05, 3.63) is 34.3 Å². The average molecular weight is 379 g/mol. The van der Waals surface area contributed by atoms with Gasteiger partial charge in [-0.3, -0.25) is 9.59 Å². The number of hydrogen-bond acceptors (Lipinski definition) is 2. The van der Waals surface area contributed by atoms with Gasteiger partial charge in [-0.05, 0) is 43.4 Å². The normalized spacial score (nSPS) is 22.4. The van der Waals surface area contributed by atoms with Crippen molar-refractivity contribution in [2.75, 3.05) is 19.6 Å². The minimum atomic E-state index is 0.0679. The molecule has 0 spiro atoms. The highest BCUT2D eigenvalue weighted by atomic mass is 79.9. The summed E-state index contributed by atoms with van der Waals surface area (Å²) in [6.45, 7) is 3.87. The van der Waals surface area contributed by atoms with Gasteiger partial charge in [0, 0.05) is 36.9 Å². The summed E-state index contributed by atoms with van der Waals surface area (Å²) < 4.78 is 1.06. The van der Waals surface area contributed by atoms with Crippen LogP contribution in [0, 0.1) is 5.92 Å². The molecule has 5 heteroatoms. The van der Waals surface area contributed by atoms with E-state index in [2.05, 4.69) is 33.0 Å². The third-order valence-electron chi connectivity index (χ3n) is 5.06. The van der Waals surface area contributed by atoms with Gasteiger partial charge in [0.2, 0.25) is 11.8 Å². The fraction of sp³-hybridized carbons (Fsp3) is 0.556. The molecule has 2 fully saturated rings. The highest BCUT2D eigenvalue weighted by Gasteiger charge is 2.35. The molecular weight excluding hydrogens is 356 g/mol. The van der Waals surface area contributed by atoms with Crippen LogP contribution in [0.25, 0.3) is 0 Å². The molecule has 124 valence electrons. The van der Waals surface area contributed by atoms with Crippen LogP contribution in [-0.2, 0) is 9.59 Å². The lowest BCUT2D eigenvalue weighted by Crippen LogP contribution is -2.43. The third kappa shape index (κ3) is 3.60. The van der Waals surface area contributed by atoms with E-state index < -0.39 is 0 Å². The molecule has 4 nitrogen and oxygen atoms in total.